The summed E-state index contributed by atoms with van der Waals surface area (Å²) in [5, 5.41) is 13.6. The number of carbonyl (C=O) groups excluding carboxylic acids is 1. The van der Waals surface area contributed by atoms with Crippen molar-refractivity contribution in [3.8, 4) is 6.07 Å². The van der Waals surface area contributed by atoms with Gasteiger partial charge in [-0.15, -0.1) is 0 Å². The van der Waals surface area contributed by atoms with Crippen molar-refractivity contribution in [2.75, 3.05) is 12.4 Å². The lowest BCUT2D eigenvalue weighted by Crippen LogP contribution is -2.11. The van der Waals surface area contributed by atoms with E-state index in [-0.39, 0.29) is 0 Å². The number of para-hydroxylation sites is 3. The van der Waals surface area contributed by atoms with E-state index in [2.05, 4.69) is 23.5 Å². The van der Waals surface area contributed by atoms with Crippen LogP contribution in [-0.4, -0.2) is 22.5 Å². The molecule has 0 saturated heterocycles. The largest absolute Gasteiger partial charge is 0.465 e. The number of anilines is 2. The van der Waals surface area contributed by atoms with Gasteiger partial charge in [0.1, 0.15) is 11.9 Å². The lowest BCUT2D eigenvalue weighted by molar-refractivity contribution is 0.0602. The highest BCUT2D eigenvalue weighted by atomic mass is 16.5. The first-order valence-corrected chi connectivity index (χ1v) is 10.9. The third-order valence-electron chi connectivity index (χ3n) is 6.04. The van der Waals surface area contributed by atoms with E-state index in [1.54, 1.807) is 12.1 Å². The summed E-state index contributed by atoms with van der Waals surface area (Å²) >= 11 is 0. The fourth-order valence-corrected chi connectivity index (χ4v) is 4.34. The average Bonchev–Trinajstić information content (AvgIpc) is 3.26. The van der Waals surface area contributed by atoms with Crippen molar-refractivity contribution < 1.29 is 9.53 Å². The maximum absolute atomic E-state index is 12.5. The van der Waals surface area contributed by atoms with Crippen molar-refractivity contribution in [1.29, 1.82) is 5.26 Å². The lowest BCUT2D eigenvalue weighted by atomic mass is 9.97. The molecule has 0 saturated carbocycles. The first kappa shape index (κ1) is 21.2. The minimum absolute atomic E-state index is 0.426. The van der Waals surface area contributed by atoms with E-state index in [9.17, 15) is 10.1 Å². The molecular weight excluding hydrogens is 424 g/mol. The van der Waals surface area contributed by atoms with Crippen LogP contribution >= 0.6 is 0 Å². The molecule has 166 valence electrons. The van der Waals surface area contributed by atoms with Crippen LogP contribution < -0.4 is 5.32 Å². The summed E-state index contributed by atoms with van der Waals surface area (Å²) in [7, 11) is 1.37. The second-order valence-corrected chi connectivity index (χ2v) is 8.02. The number of nitrogens with zero attached hydrogens (tertiary/aromatic N) is 3. The Bertz CT molecular complexity index is 1580. The first-order chi connectivity index (χ1) is 16.6. The first-order valence-electron chi connectivity index (χ1n) is 10.9. The summed E-state index contributed by atoms with van der Waals surface area (Å²) in [4.78, 5) is 17.2. The maximum atomic E-state index is 12.5. The van der Waals surface area contributed by atoms with E-state index in [1.807, 2.05) is 65.9 Å². The van der Waals surface area contributed by atoms with Gasteiger partial charge in [-0.2, -0.15) is 5.26 Å². The lowest BCUT2D eigenvalue weighted by Gasteiger charge is -2.20. The molecular formula is C28H22N4O2. The molecule has 1 N–H and O–H groups in total. The molecule has 0 atom stereocenters. The van der Waals surface area contributed by atoms with Crippen LogP contribution in [0.4, 0.5) is 11.5 Å². The Labute approximate surface area is 197 Å². The number of nitriles is 1. The van der Waals surface area contributed by atoms with Gasteiger partial charge >= 0.3 is 5.97 Å². The highest BCUT2D eigenvalue weighted by Gasteiger charge is 2.22. The predicted octanol–water partition coefficient (Wildman–Crippen LogP) is 5.79. The molecule has 34 heavy (non-hydrogen) atoms. The second kappa shape index (κ2) is 8.72. The number of imidazole rings is 1. The topological polar surface area (TPSA) is 79.4 Å². The minimum Gasteiger partial charge on any atom is -0.465 e. The van der Waals surface area contributed by atoms with Crippen molar-refractivity contribution in [2.45, 2.75) is 13.3 Å². The fraction of sp³-hybridized carbons (Fsp3) is 0.107. The molecule has 0 aliphatic heterocycles. The van der Waals surface area contributed by atoms with Gasteiger partial charge in [0.25, 0.3) is 0 Å². The molecule has 2 heterocycles. The normalized spacial score (nSPS) is 10.9. The van der Waals surface area contributed by atoms with Crippen LogP contribution in [-0.2, 0) is 11.2 Å². The Balaban J connectivity index is 1.84. The predicted molar refractivity (Wildman–Crippen MR) is 132 cm³/mol. The van der Waals surface area contributed by atoms with Crippen molar-refractivity contribution in [2.24, 2.45) is 0 Å². The quantitative estimate of drug-likeness (QED) is 0.346. The number of fused-ring (bicyclic) bond motifs is 3. The third-order valence-corrected chi connectivity index (χ3v) is 6.04. The smallest absolute Gasteiger partial charge is 0.339 e. The monoisotopic (exact) mass is 446 g/mol. The Morgan fingerprint density at radius 3 is 2.50 bits per heavy atom. The van der Waals surface area contributed by atoms with E-state index in [1.165, 1.54) is 7.11 Å². The number of hydrogen-bond donors (Lipinski definition) is 1. The molecule has 0 fully saturated rings. The molecule has 0 unspecified atom stereocenters. The number of esters is 1. The Morgan fingerprint density at radius 1 is 1.03 bits per heavy atom. The molecule has 0 radical (unpaired) electrons. The summed E-state index contributed by atoms with van der Waals surface area (Å²) in [6.07, 6.45) is 0.604. The Morgan fingerprint density at radius 2 is 1.74 bits per heavy atom. The van der Waals surface area contributed by atoms with Crippen LogP contribution in [0.1, 0.15) is 32.6 Å². The standard InChI is InChI=1S/C28H22N4O2/c1-18-21(16-19-10-4-3-5-11-19)26(30-23-13-7-6-12-20(23)28(33)34-2)32-25-15-9-8-14-24(25)31-27(32)22(18)17-29/h3-15,30H,16H2,1-2H3. The number of hydrogen-bond acceptors (Lipinski definition) is 5. The Hall–Kier alpha value is -4.63. The van der Waals surface area contributed by atoms with Crippen molar-refractivity contribution in [3.63, 3.8) is 0 Å². The molecule has 0 aliphatic carbocycles. The molecule has 3 aromatic carbocycles. The van der Waals surface area contributed by atoms with Crippen LogP contribution in [0, 0.1) is 18.3 Å². The number of pyridine rings is 1. The van der Waals surface area contributed by atoms with E-state index in [0.717, 1.165) is 33.5 Å². The molecule has 6 nitrogen and oxygen atoms in total. The van der Waals surface area contributed by atoms with Gasteiger partial charge in [0.15, 0.2) is 5.65 Å². The van der Waals surface area contributed by atoms with Gasteiger partial charge in [-0.3, -0.25) is 4.40 Å². The van der Waals surface area contributed by atoms with Gasteiger partial charge in [0, 0.05) is 12.0 Å². The average molecular weight is 447 g/mol. The number of nitrogens with one attached hydrogen (secondary N) is 1. The van der Waals surface area contributed by atoms with E-state index >= 15 is 0 Å². The highest BCUT2D eigenvalue weighted by Crippen LogP contribution is 2.35. The zero-order valence-electron chi connectivity index (χ0n) is 18.9. The van der Waals surface area contributed by atoms with Gasteiger partial charge in [0.2, 0.25) is 0 Å². The molecule has 0 amide bonds. The highest BCUT2D eigenvalue weighted by molar-refractivity contribution is 5.97. The van der Waals surface area contributed by atoms with Gasteiger partial charge in [-0.25, -0.2) is 9.78 Å². The number of rotatable bonds is 5. The number of methoxy groups -OCH3 is 1. The van der Waals surface area contributed by atoms with Crippen LogP contribution in [0.25, 0.3) is 16.7 Å². The number of ether oxygens (including phenoxy) is 1. The van der Waals surface area contributed by atoms with Crippen molar-refractivity contribution in [3.05, 3.63) is 107 Å². The Kier molecular flexibility index (Phi) is 5.44. The van der Waals surface area contributed by atoms with Crippen molar-refractivity contribution in [1.82, 2.24) is 9.38 Å². The molecule has 0 bridgehead atoms. The summed E-state index contributed by atoms with van der Waals surface area (Å²) < 4.78 is 6.98. The van der Waals surface area contributed by atoms with Gasteiger partial charge in [0.05, 0.1) is 35.0 Å². The zero-order chi connectivity index (χ0) is 23.7. The zero-order valence-corrected chi connectivity index (χ0v) is 18.9. The van der Waals surface area contributed by atoms with E-state index in [0.29, 0.717) is 28.9 Å². The molecule has 0 aliphatic rings. The van der Waals surface area contributed by atoms with Gasteiger partial charge < -0.3 is 10.1 Å². The summed E-state index contributed by atoms with van der Waals surface area (Å²) in [6, 6.07) is 27.5. The molecule has 6 heteroatoms. The van der Waals surface area contributed by atoms with Crippen LogP contribution in [0.15, 0.2) is 78.9 Å². The van der Waals surface area contributed by atoms with E-state index in [4.69, 9.17) is 9.72 Å². The summed E-state index contributed by atoms with van der Waals surface area (Å²) in [6.45, 7) is 1.95. The number of carbonyl (C=O) groups is 1. The molecule has 5 aromatic rings. The minimum atomic E-state index is -0.426. The van der Waals surface area contributed by atoms with Crippen LogP contribution in [0.5, 0.6) is 0 Å². The molecule has 5 rings (SSSR count). The second-order valence-electron chi connectivity index (χ2n) is 8.02. The van der Waals surface area contributed by atoms with Crippen molar-refractivity contribution >= 4 is 34.2 Å². The van der Waals surface area contributed by atoms with Crippen LogP contribution in [0.3, 0.4) is 0 Å². The fourth-order valence-electron chi connectivity index (χ4n) is 4.34. The third kappa shape index (κ3) is 3.54. The summed E-state index contributed by atoms with van der Waals surface area (Å²) in [5.41, 5.74) is 6.75. The van der Waals surface area contributed by atoms with Gasteiger partial charge in [-0.05, 0) is 42.3 Å². The SMILES string of the molecule is COC(=O)c1ccccc1Nc1c(Cc2ccccc2)c(C)c(C#N)c2nc3ccccc3n12. The maximum Gasteiger partial charge on any atom is 0.339 e. The molecule has 2 aromatic heterocycles. The number of aromatic nitrogens is 2. The van der Waals surface area contributed by atoms with Crippen LogP contribution in [0.2, 0.25) is 0 Å². The van der Waals surface area contributed by atoms with E-state index < -0.39 is 5.97 Å². The summed E-state index contributed by atoms with van der Waals surface area (Å²) in [5.74, 6) is 0.338. The number of benzene rings is 3. The molecule has 0 spiro atoms. The van der Waals surface area contributed by atoms with Gasteiger partial charge in [-0.1, -0.05) is 54.6 Å².